The summed E-state index contributed by atoms with van der Waals surface area (Å²) in [5.74, 6) is 0.547. The van der Waals surface area contributed by atoms with E-state index < -0.39 is 35.2 Å². The molecule has 440 valence electrons. The number of unbranched alkanes of at least 4 members (excludes halogenated alkanes) is 8. The summed E-state index contributed by atoms with van der Waals surface area (Å²) < 4.78 is 38.6. The van der Waals surface area contributed by atoms with Gasteiger partial charge in [0.05, 0.1) is 39.2 Å². The van der Waals surface area contributed by atoms with Crippen molar-refractivity contribution in [2.24, 2.45) is 5.41 Å². The van der Waals surface area contributed by atoms with Gasteiger partial charge in [0, 0.05) is 74.8 Å². The Hall–Kier alpha value is -6.85. The first-order valence-electron chi connectivity index (χ1n) is 29.7. The molecule has 3 aromatic heterocycles. The number of terminal acetylenes is 1. The van der Waals surface area contributed by atoms with Crippen molar-refractivity contribution in [3.8, 4) is 45.8 Å². The molecule has 7 atom stereocenters. The van der Waals surface area contributed by atoms with Gasteiger partial charge >= 0.3 is 6.01 Å². The molecule has 0 aliphatic carbocycles. The van der Waals surface area contributed by atoms with Crippen LogP contribution in [0.25, 0.3) is 43.4 Å². The fraction of sp³-hybridized carbons (Fsp3) is 0.516. The smallest absolute Gasteiger partial charge is 0.319 e. The average Bonchev–Trinajstić information content (AvgIpc) is 4.00. The second kappa shape index (κ2) is 26.0. The van der Waals surface area contributed by atoms with E-state index in [9.17, 15) is 24.6 Å². The molecule has 83 heavy (non-hydrogen) atoms. The van der Waals surface area contributed by atoms with Crippen LogP contribution in [0, 0.1) is 36.3 Å². The molecule has 4 saturated heterocycles. The average molecular weight is 1150 g/mol. The maximum absolute atomic E-state index is 17.1. The van der Waals surface area contributed by atoms with E-state index in [0.717, 1.165) is 105 Å². The molecule has 4 aliphatic heterocycles. The summed E-state index contributed by atoms with van der Waals surface area (Å²) in [6.45, 7) is 13.5. The lowest BCUT2D eigenvalue weighted by atomic mass is 9.85. The van der Waals surface area contributed by atoms with Gasteiger partial charge in [0.2, 0.25) is 17.7 Å². The van der Waals surface area contributed by atoms with E-state index >= 15 is 8.78 Å². The van der Waals surface area contributed by atoms with Crippen LogP contribution < -0.4 is 25.6 Å². The third kappa shape index (κ3) is 13.7. The number of rotatable bonds is 22. The van der Waals surface area contributed by atoms with Crippen LogP contribution in [0.3, 0.4) is 0 Å². The largest absolute Gasteiger partial charge is 0.508 e. The van der Waals surface area contributed by atoms with Crippen LogP contribution in [0.1, 0.15) is 140 Å². The number of hydrogen-bond acceptors (Lipinski definition) is 14. The molecule has 19 heteroatoms. The minimum Gasteiger partial charge on any atom is -0.508 e. The number of fused-ring (bicyclic) bond motifs is 4. The number of amides is 3. The summed E-state index contributed by atoms with van der Waals surface area (Å²) >= 11 is 1.58. The van der Waals surface area contributed by atoms with E-state index in [2.05, 4.69) is 46.6 Å². The van der Waals surface area contributed by atoms with E-state index in [1.807, 2.05) is 64.4 Å². The predicted octanol–water partition coefficient (Wildman–Crippen LogP) is 9.91. The fourth-order valence-corrected chi connectivity index (χ4v) is 13.4. The number of likely N-dealkylation sites (tertiary alicyclic amines) is 2. The number of aliphatic hydroxyl groups excluding tert-OH is 1. The van der Waals surface area contributed by atoms with Crippen LogP contribution in [-0.4, -0.2) is 133 Å². The molecule has 0 spiro atoms. The molecule has 3 amide bonds. The highest BCUT2D eigenvalue weighted by atomic mass is 32.1. The number of aromatic nitrogens is 4. The maximum Gasteiger partial charge on any atom is 0.319 e. The molecular weight excluding hydrogens is 1070 g/mol. The van der Waals surface area contributed by atoms with Crippen molar-refractivity contribution in [1.82, 2.24) is 45.7 Å². The highest BCUT2D eigenvalue weighted by molar-refractivity contribution is 7.13. The van der Waals surface area contributed by atoms with E-state index in [4.69, 9.17) is 16.1 Å². The molecule has 3 aromatic carbocycles. The van der Waals surface area contributed by atoms with Crippen LogP contribution in [0.5, 0.6) is 11.8 Å². The minimum atomic E-state index is -0.867. The van der Waals surface area contributed by atoms with Crippen LogP contribution in [0.15, 0.2) is 60.2 Å². The molecule has 7 heterocycles. The van der Waals surface area contributed by atoms with Crippen molar-refractivity contribution in [3.63, 3.8) is 0 Å². The van der Waals surface area contributed by atoms with E-state index in [0.29, 0.717) is 49.1 Å². The molecule has 5 N–H and O–H groups in total. The zero-order valence-electron chi connectivity index (χ0n) is 48.4. The van der Waals surface area contributed by atoms with Gasteiger partial charge in [-0.1, -0.05) is 102 Å². The van der Waals surface area contributed by atoms with Crippen molar-refractivity contribution in [2.45, 2.75) is 167 Å². The Bertz CT molecular complexity index is 3350. The van der Waals surface area contributed by atoms with Gasteiger partial charge in [0.15, 0.2) is 5.82 Å². The van der Waals surface area contributed by atoms with E-state index in [-0.39, 0.29) is 94.4 Å². The monoisotopic (exact) mass is 1150 g/mol. The van der Waals surface area contributed by atoms with Crippen molar-refractivity contribution in [2.75, 3.05) is 44.2 Å². The molecule has 6 aromatic rings. The molecule has 10 rings (SSSR count). The van der Waals surface area contributed by atoms with Gasteiger partial charge in [-0.15, -0.1) is 17.8 Å². The van der Waals surface area contributed by atoms with Gasteiger partial charge in [-0.3, -0.25) is 24.3 Å². The van der Waals surface area contributed by atoms with Crippen LogP contribution >= 0.6 is 11.3 Å². The van der Waals surface area contributed by atoms with Crippen molar-refractivity contribution < 1.29 is 38.1 Å². The SMILES string of the molecule is C#Cc1c(F)ccc2cc(O)cc(-c3ncc4c(N5CC6CCC(C5)N6)nc(OC5CCN(CCCCCCCCCCCC(=O)N[C@H](C(=O)N6C[C@H](O)C[C@H]6C(=O)N[C@@H](C)c6ccc(-c7scnc7C)cc6)C(C)(C)C)C5)nc4c3F)c12. The number of carbonyl (C=O) groups excluding carboxylic acids is 3. The summed E-state index contributed by atoms with van der Waals surface area (Å²) in [7, 11) is 0. The predicted molar refractivity (Wildman–Crippen MR) is 320 cm³/mol. The van der Waals surface area contributed by atoms with Gasteiger partial charge in [-0.2, -0.15) is 9.97 Å². The number of benzene rings is 3. The summed E-state index contributed by atoms with van der Waals surface area (Å²) in [4.78, 5) is 66.9. The Morgan fingerprint density at radius 2 is 1.61 bits per heavy atom. The van der Waals surface area contributed by atoms with Gasteiger partial charge in [0.25, 0.3) is 0 Å². The van der Waals surface area contributed by atoms with Gasteiger partial charge in [-0.05, 0) is 92.6 Å². The minimum absolute atomic E-state index is 0.0201. The van der Waals surface area contributed by atoms with Gasteiger partial charge < -0.3 is 40.7 Å². The number of β-amino-alcohol motifs (C(OH)–C–C–N with tert-alkyl or cyclic N) is 1. The molecule has 3 unspecified atom stereocenters. The number of piperazine rings is 1. The van der Waals surface area contributed by atoms with Crippen LogP contribution in [-0.2, 0) is 14.4 Å². The molecule has 4 fully saturated rings. The lowest BCUT2D eigenvalue weighted by Crippen LogP contribution is -2.57. The number of aryl methyl sites for hydroxylation is 1. The standard InChI is InChI=1S/C64H78F2N10O6S/c1-7-48-51(65)25-22-42-29-45(77)30-49(54(42)48)56-55(66)57-50(32-67-56)60(75-33-43-23-24-44(34-75)70-43)73-63(72-57)82-47-26-28-74(36-47)27-16-14-12-10-8-9-11-13-15-17-53(79)71-59(64(4,5)6)62(81)76-35-46(78)31-52(76)61(80)69-38(2)40-18-20-41(21-19-40)58-39(3)68-37-83-58/h1,18-22,25,29-30,32,37-38,43-44,46-47,52,59,70,77-78H,8-17,23-24,26-28,31,33-36H2,2-6H3,(H,69,80)(H,71,79)/t38-,43?,44?,46+,47?,52-,59+/m0/s1. The number of anilines is 1. The molecule has 0 radical (unpaired) electrons. The summed E-state index contributed by atoms with van der Waals surface area (Å²) in [5, 5.41) is 32.3. The number of nitrogens with one attached hydrogen (secondary N) is 3. The number of carbonyl (C=O) groups is 3. The number of halogens is 2. The van der Waals surface area contributed by atoms with E-state index in [1.165, 1.54) is 29.2 Å². The Morgan fingerprint density at radius 3 is 2.30 bits per heavy atom. The molecule has 16 nitrogen and oxygen atoms in total. The normalized spacial score (nSPS) is 20.7. The third-order valence-electron chi connectivity index (χ3n) is 17.1. The van der Waals surface area contributed by atoms with Crippen molar-refractivity contribution in [1.29, 1.82) is 0 Å². The quantitative estimate of drug-likeness (QED) is 0.0318. The first-order chi connectivity index (χ1) is 39.9. The second-order valence-electron chi connectivity index (χ2n) is 24.4. The molecule has 2 bridgehead atoms. The summed E-state index contributed by atoms with van der Waals surface area (Å²) in [6.07, 6.45) is 18.9. The second-order valence-corrected chi connectivity index (χ2v) is 25.2. The van der Waals surface area contributed by atoms with Crippen LogP contribution in [0.4, 0.5) is 14.6 Å². The first-order valence-corrected chi connectivity index (χ1v) is 30.6. The summed E-state index contributed by atoms with van der Waals surface area (Å²) in [6, 6.07) is 12.1. The van der Waals surface area contributed by atoms with Gasteiger partial charge in [-0.25, -0.2) is 13.8 Å². The topological polar surface area (TPSA) is 198 Å². The molecular formula is C64H78F2N10O6S. The fourth-order valence-electron chi connectivity index (χ4n) is 12.6. The van der Waals surface area contributed by atoms with Gasteiger partial charge in [0.1, 0.15) is 46.8 Å². The summed E-state index contributed by atoms with van der Waals surface area (Å²) in [5.41, 5.74) is 4.16. The van der Waals surface area contributed by atoms with Crippen LogP contribution in [0.2, 0.25) is 0 Å². The Labute approximate surface area is 489 Å². The number of aromatic hydroxyl groups is 1. The first kappa shape index (κ1) is 59.3. The number of hydrogen-bond donors (Lipinski definition) is 5. The Morgan fingerprint density at radius 1 is 0.904 bits per heavy atom. The lowest BCUT2D eigenvalue weighted by Gasteiger charge is -2.35. The number of ether oxygens (including phenoxy) is 1. The number of phenols is 1. The lowest BCUT2D eigenvalue weighted by molar-refractivity contribution is -0.144. The third-order valence-corrected chi connectivity index (χ3v) is 18.0. The zero-order chi connectivity index (χ0) is 58.5. The number of nitrogens with zero attached hydrogens (tertiary/aromatic N) is 7. The highest BCUT2D eigenvalue weighted by Gasteiger charge is 2.45. The number of aliphatic hydroxyl groups is 1. The molecule has 4 aliphatic rings. The Balaban J connectivity index is 0.649. The highest BCUT2D eigenvalue weighted by Crippen LogP contribution is 2.40. The molecule has 0 saturated carbocycles. The van der Waals surface area contributed by atoms with Crippen molar-refractivity contribution in [3.05, 3.63) is 88.7 Å². The van der Waals surface area contributed by atoms with Crippen molar-refractivity contribution >= 4 is 56.6 Å². The Kier molecular flexibility index (Phi) is 18.6. The van der Waals surface area contributed by atoms with E-state index in [1.54, 1.807) is 17.5 Å². The zero-order valence-corrected chi connectivity index (χ0v) is 49.2. The number of thiazole rings is 1. The number of phenolic OH excluding ortho intramolecular Hbond substituents is 1. The number of pyridine rings is 1. The maximum atomic E-state index is 17.1.